The molecular weight excluding hydrogens is 286 g/mol. The van der Waals surface area contributed by atoms with E-state index in [0.29, 0.717) is 23.5 Å². The van der Waals surface area contributed by atoms with Crippen LogP contribution in [-0.2, 0) is 9.84 Å². The van der Waals surface area contributed by atoms with Gasteiger partial charge in [0, 0.05) is 11.6 Å². The van der Waals surface area contributed by atoms with Gasteiger partial charge in [-0.3, -0.25) is 0 Å². The van der Waals surface area contributed by atoms with E-state index in [9.17, 15) is 8.42 Å². The zero-order valence-corrected chi connectivity index (χ0v) is 12.1. The van der Waals surface area contributed by atoms with Crippen molar-refractivity contribution in [1.82, 2.24) is 0 Å². The van der Waals surface area contributed by atoms with E-state index in [1.807, 2.05) is 0 Å². The number of methoxy groups -OCH3 is 1. The first-order chi connectivity index (χ1) is 8.89. The Kier molecular flexibility index (Phi) is 3.96. The highest BCUT2D eigenvalue weighted by molar-refractivity contribution is 7.91. The van der Waals surface area contributed by atoms with Gasteiger partial charge >= 0.3 is 0 Å². The fourth-order valence-electron chi connectivity index (χ4n) is 1.95. The Hall–Kier alpha value is -1.34. The molecule has 0 radical (unpaired) electrons. The number of thiocarbonyl (C=S) groups is 1. The van der Waals surface area contributed by atoms with Crippen LogP contribution in [0.5, 0.6) is 11.5 Å². The molecule has 1 aromatic carbocycles. The summed E-state index contributed by atoms with van der Waals surface area (Å²) in [6.45, 7) is 0. The van der Waals surface area contributed by atoms with Gasteiger partial charge < -0.3 is 15.2 Å². The minimum Gasteiger partial charge on any atom is -0.497 e. The van der Waals surface area contributed by atoms with Crippen LogP contribution >= 0.6 is 12.2 Å². The summed E-state index contributed by atoms with van der Waals surface area (Å²) in [5.41, 5.74) is 6.21. The van der Waals surface area contributed by atoms with E-state index < -0.39 is 9.84 Å². The molecule has 2 rings (SSSR count). The number of ether oxygens (including phenoxy) is 2. The molecule has 0 spiro atoms. The van der Waals surface area contributed by atoms with Crippen LogP contribution in [0.2, 0.25) is 0 Å². The Balaban J connectivity index is 2.20. The molecule has 1 atom stereocenters. The molecule has 104 valence electrons. The summed E-state index contributed by atoms with van der Waals surface area (Å²) in [6.07, 6.45) is 0.179. The first-order valence-corrected chi connectivity index (χ1v) is 7.98. The Morgan fingerprint density at radius 2 is 2.05 bits per heavy atom. The average molecular weight is 301 g/mol. The van der Waals surface area contributed by atoms with Gasteiger partial charge in [-0.25, -0.2) is 8.42 Å². The number of hydrogen-bond acceptors (Lipinski definition) is 5. The zero-order chi connectivity index (χ0) is 14.0. The topological polar surface area (TPSA) is 78.6 Å². The van der Waals surface area contributed by atoms with Gasteiger partial charge in [0.15, 0.2) is 9.84 Å². The summed E-state index contributed by atoms with van der Waals surface area (Å²) >= 11 is 4.92. The van der Waals surface area contributed by atoms with Crippen LogP contribution in [0.3, 0.4) is 0 Å². The minimum absolute atomic E-state index is 0.0482. The van der Waals surface area contributed by atoms with E-state index in [4.69, 9.17) is 27.4 Å². The van der Waals surface area contributed by atoms with Gasteiger partial charge in [-0.1, -0.05) is 12.2 Å². The maximum atomic E-state index is 11.4. The van der Waals surface area contributed by atoms with Crippen molar-refractivity contribution in [3.63, 3.8) is 0 Å². The molecule has 1 fully saturated rings. The molecule has 0 bridgehead atoms. The van der Waals surface area contributed by atoms with Gasteiger partial charge in [0.25, 0.3) is 0 Å². The standard InChI is InChI=1S/C12H15NO4S2/c1-16-10-4-8(12(13)18)5-11(6-10)17-9-2-3-19(14,15)7-9/h4-6,9H,2-3,7H2,1H3,(H2,13,18). The summed E-state index contributed by atoms with van der Waals surface area (Å²) in [5.74, 6) is 1.31. The van der Waals surface area contributed by atoms with Crippen molar-refractivity contribution < 1.29 is 17.9 Å². The van der Waals surface area contributed by atoms with Crippen molar-refractivity contribution in [2.75, 3.05) is 18.6 Å². The summed E-state index contributed by atoms with van der Waals surface area (Å²) in [4.78, 5) is 0.239. The molecule has 1 aromatic rings. The third kappa shape index (κ3) is 3.57. The van der Waals surface area contributed by atoms with Crippen LogP contribution in [0.1, 0.15) is 12.0 Å². The minimum atomic E-state index is -2.96. The van der Waals surface area contributed by atoms with Crippen LogP contribution in [0.15, 0.2) is 18.2 Å². The molecule has 1 heterocycles. The smallest absolute Gasteiger partial charge is 0.154 e. The molecule has 0 aliphatic carbocycles. The summed E-state index contributed by atoms with van der Waals surface area (Å²) < 4.78 is 33.6. The maximum Gasteiger partial charge on any atom is 0.154 e. The molecule has 5 nitrogen and oxygen atoms in total. The quantitative estimate of drug-likeness (QED) is 0.832. The van der Waals surface area contributed by atoms with Crippen molar-refractivity contribution in [2.24, 2.45) is 5.73 Å². The van der Waals surface area contributed by atoms with E-state index in [1.165, 1.54) is 7.11 Å². The fraction of sp³-hybridized carbons (Fsp3) is 0.417. The first-order valence-electron chi connectivity index (χ1n) is 5.75. The zero-order valence-electron chi connectivity index (χ0n) is 10.5. The molecule has 1 aliphatic rings. The van der Waals surface area contributed by atoms with Gasteiger partial charge in [-0.15, -0.1) is 0 Å². The van der Waals surface area contributed by atoms with Crippen LogP contribution < -0.4 is 15.2 Å². The molecule has 1 unspecified atom stereocenters. The van der Waals surface area contributed by atoms with Crippen molar-refractivity contribution in [3.8, 4) is 11.5 Å². The van der Waals surface area contributed by atoms with Crippen LogP contribution in [0.25, 0.3) is 0 Å². The fourth-order valence-corrected chi connectivity index (χ4v) is 3.65. The molecule has 7 heteroatoms. The van der Waals surface area contributed by atoms with E-state index in [0.717, 1.165) is 0 Å². The van der Waals surface area contributed by atoms with Gasteiger partial charge in [0.1, 0.15) is 22.6 Å². The molecule has 2 N–H and O–H groups in total. The molecular formula is C12H15NO4S2. The lowest BCUT2D eigenvalue weighted by Crippen LogP contribution is -2.18. The highest BCUT2D eigenvalue weighted by Crippen LogP contribution is 2.26. The van der Waals surface area contributed by atoms with E-state index in [1.54, 1.807) is 18.2 Å². The first kappa shape index (κ1) is 14.1. The molecule has 1 aliphatic heterocycles. The predicted molar refractivity (Wildman–Crippen MR) is 76.6 cm³/mol. The highest BCUT2D eigenvalue weighted by atomic mass is 32.2. The Morgan fingerprint density at radius 1 is 1.37 bits per heavy atom. The van der Waals surface area contributed by atoms with Gasteiger partial charge in [0.05, 0.1) is 18.6 Å². The van der Waals surface area contributed by atoms with Gasteiger partial charge in [-0.05, 0) is 18.6 Å². The van der Waals surface area contributed by atoms with Crippen molar-refractivity contribution >= 4 is 27.0 Å². The third-order valence-electron chi connectivity index (χ3n) is 2.89. The lowest BCUT2D eigenvalue weighted by Gasteiger charge is -2.14. The molecule has 0 aromatic heterocycles. The third-order valence-corrected chi connectivity index (χ3v) is 4.87. The van der Waals surface area contributed by atoms with E-state index in [2.05, 4.69) is 0 Å². The average Bonchev–Trinajstić information content (AvgIpc) is 2.68. The lowest BCUT2D eigenvalue weighted by molar-refractivity contribution is 0.228. The molecule has 0 saturated carbocycles. The summed E-state index contributed by atoms with van der Waals surface area (Å²) in [6, 6.07) is 5.09. The van der Waals surface area contributed by atoms with Crippen LogP contribution in [0, 0.1) is 0 Å². The monoisotopic (exact) mass is 301 g/mol. The summed E-state index contributed by atoms with van der Waals surface area (Å²) in [7, 11) is -1.43. The van der Waals surface area contributed by atoms with E-state index in [-0.39, 0.29) is 22.6 Å². The summed E-state index contributed by atoms with van der Waals surface area (Å²) in [5, 5.41) is 0. The number of nitrogens with two attached hydrogens (primary N) is 1. The van der Waals surface area contributed by atoms with Crippen LogP contribution in [-0.4, -0.2) is 38.1 Å². The van der Waals surface area contributed by atoms with Crippen molar-refractivity contribution in [1.29, 1.82) is 0 Å². The molecule has 0 amide bonds. The van der Waals surface area contributed by atoms with Gasteiger partial charge in [0.2, 0.25) is 0 Å². The Bertz CT molecular complexity index is 598. The van der Waals surface area contributed by atoms with E-state index >= 15 is 0 Å². The second kappa shape index (κ2) is 5.34. The number of hydrogen-bond donors (Lipinski definition) is 1. The van der Waals surface area contributed by atoms with Crippen LogP contribution in [0.4, 0.5) is 0 Å². The number of rotatable bonds is 4. The second-order valence-corrected chi connectivity index (χ2v) is 7.07. The molecule has 19 heavy (non-hydrogen) atoms. The normalized spacial score (nSPS) is 21.0. The van der Waals surface area contributed by atoms with Gasteiger partial charge in [-0.2, -0.15) is 0 Å². The van der Waals surface area contributed by atoms with Crippen molar-refractivity contribution in [3.05, 3.63) is 23.8 Å². The number of benzene rings is 1. The second-order valence-electron chi connectivity index (χ2n) is 4.40. The Labute approximate surface area is 117 Å². The largest absolute Gasteiger partial charge is 0.497 e. The van der Waals surface area contributed by atoms with Crippen molar-refractivity contribution in [2.45, 2.75) is 12.5 Å². The number of sulfone groups is 1. The Morgan fingerprint density at radius 3 is 2.58 bits per heavy atom. The molecule has 1 saturated heterocycles. The highest BCUT2D eigenvalue weighted by Gasteiger charge is 2.29. The lowest BCUT2D eigenvalue weighted by atomic mass is 10.2. The maximum absolute atomic E-state index is 11.4. The predicted octanol–water partition coefficient (Wildman–Crippen LogP) is 0.895. The SMILES string of the molecule is COc1cc(OC2CCS(=O)(=O)C2)cc(C(N)=S)c1.